The van der Waals surface area contributed by atoms with Crippen molar-refractivity contribution in [1.29, 1.82) is 0 Å². The average molecular weight is 219 g/mol. The van der Waals surface area contributed by atoms with Gasteiger partial charge in [0.05, 0.1) is 17.6 Å². The van der Waals surface area contributed by atoms with Crippen molar-refractivity contribution in [2.75, 3.05) is 18.0 Å². The molecule has 1 aromatic rings. The van der Waals surface area contributed by atoms with Crippen LogP contribution in [0.1, 0.15) is 32.0 Å². The summed E-state index contributed by atoms with van der Waals surface area (Å²) in [5, 5.41) is 0. The number of hydrogen-bond donors (Lipinski definition) is 1. The Morgan fingerprint density at radius 1 is 1.56 bits per heavy atom. The van der Waals surface area contributed by atoms with E-state index in [-0.39, 0.29) is 6.04 Å². The largest absolute Gasteiger partial charge is 0.367 e. The quantitative estimate of drug-likeness (QED) is 0.747. The molecule has 0 spiro atoms. The Balaban J connectivity index is 2.80. The number of nitrogens with two attached hydrogens (primary N) is 1. The van der Waals surface area contributed by atoms with Crippen molar-refractivity contribution in [3.63, 3.8) is 0 Å². The van der Waals surface area contributed by atoms with Crippen molar-refractivity contribution in [3.05, 3.63) is 36.7 Å². The van der Waals surface area contributed by atoms with Crippen molar-refractivity contribution in [3.8, 4) is 0 Å². The Labute approximate surface area is 98.0 Å². The topological polar surface area (TPSA) is 42.1 Å². The highest BCUT2D eigenvalue weighted by Crippen LogP contribution is 2.15. The molecule has 88 valence electrons. The summed E-state index contributed by atoms with van der Waals surface area (Å²) in [6.07, 6.45) is 4.91. The highest BCUT2D eigenvalue weighted by molar-refractivity contribution is 5.45. The summed E-state index contributed by atoms with van der Waals surface area (Å²) in [6.45, 7) is 9.75. The summed E-state index contributed by atoms with van der Waals surface area (Å²) in [6, 6.07) is 4.06. The van der Waals surface area contributed by atoms with Crippen molar-refractivity contribution in [2.24, 2.45) is 5.73 Å². The Morgan fingerprint density at radius 2 is 2.31 bits per heavy atom. The molecule has 0 amide bonds. The monoisotopic (exact) mass is 219 g/mol. The number of anilines is 1. The fourth-order valence-electron chi connectivity index (χ4n) is 1.61. The molecule has 0 aliphatic carbocycles. The van der Waals surface area contributed by atoms with Gasteiger partial charge in [-0.15, -0.1) is 6.58 Å². The highest BCUT2D eigenvalue weighted by Gasteiger charge is 2.05. The van der Waals surface area contributed by atoms with E-state index in [1.165, 1.54) is 0 Å². The molecule has 1 aromatic heterocycles. The molecular formula is C13H21N3. The van der Waals surface area contributed by atoms with Gasteiger partial charge in [-0.1, -0.05) is 13.0 Å². The van der Waals surface area contributed by atoms with E-state index < -0.39 is 0 Å². The van der Waals surface area contributed by atoms with E-state index in [9.17, 15) is 0 Å². The smallest absolute Gasteiger partial charge is 0.0569 e. The molecule has 3 nitrogen and oxygen atoms in total. The molecule has 0 aliphatic heterocycles. The first kappa shape index (κ1) is 12.7. The average Bonchev–Trinajstić information content (AvgIpc) is 2.29. The molecule has 0 saturated carbocycles. The third-order valence-electron chi connectivity index (χ3n) is 2.45. The third-order valence-corrected chi connectivity index (χ3v) is 2.45. The van der Waals surface area contributed by atoms with E-state index in [1.807, 2.05) is 25.3 Å². The fourth-order valence-corrected chi connectivity index (χ4v) is 1.61. The van der Waals surface area contributed by atoms with Crippen LogP contribution in [0.3, 0.4) is 0 Å². The predicted octanol–water partition coefficient (Wildman–Crippen LogP) is 2.50. The first-order valence-electron chi connectivity index (χ1n) is 5.76. The molecule has 3 heteroatoms. The van der Waals surface area contributed by atoms with Gasteiger partial charge in [0, 0.05) is 19.1 Å². The van der Waals surface area contributed by atoms with Crippen LogP contribution >= 0.6 is 0 Å². The van der Waals surface area contributed by atoms with Gasteiger partial charge in [-0.05, 0) is 25.5 Å². The maximum Gasteiger partial charge on any atom is 0.0569 e. The Morgan fingerprint density at radius 3 is 2.75 bits per heavy atom. The van der Waals surface area contributed by atoms with E-state index in [0.717, 1.165) is 30.9 Å². The minimum atomic E-state index is -0.00641. The number of aromatic nitrogens is 1. The van der Waals surface area contributed by atoms with Crippen molar-refractivity contribution in [1.82, 2.24) is 4.98 Å². The maximum absolute atomic E-state index is 5.76. The lowest BCUT2D eigenvalue weighted by atomic mass is 10.2. The van der Waals surface area contributed by atoms with Gasteiger partial charge < -0.3 is 10.6 Å². The van der Waals surface area contributed by atoms with E-state index in [4.69, 9.17) is 5.73 Å². The third kappa shape index (κ3) is 3.35. The second-order valence-corrected chi connectivity index (χ2v) is 3.96. The summed E-state index contributed by atoms with van der Waals surface area (Å²) in [7, 11) is 0. The van der Waals surface area contributed by atoms with Gasteiger partial charge >= 0.3 is 0 Å². The Hall–Kier alpha value is -1.35. The zero-order valence-electron chi connectivity index (χ0n) is 10.2. The fraction of sp³-hybridized carbons (Fsp3) is 0.462. The molecule has 0 unspecified atom stereocenters. The van der Waals surface area contributed by atoms with Crippen LogP contribution in [-0.4, -0.2) is 18.1 Å². The first-order valence-corrected chi connectivity index (χ1v) is 5.76. The van der Waals surface area contributed by atoms with Crippen LogP contribution in [0.5, 0.6) is 0 Å². The minimum absolute atomic E-state index is 0.00641. The SMILES string of the molecule is C=CCN(CCC)c1ccc([C@H](C)N)nc1. The summed E-state index contributed by atoms with van der Waals surface area (Å²) < 4.78 is 0. The molecule has 16 heavy (non-hydrogen) atoms. The summed E-state index contributed by atoms with van der Waals surface area (Å²) in [5.74, 6) is 0. The summed E-state index contributed by atoms with van der Waals surface area (Å²) >= 11 is 0. The van der Waals surface area contributed by atoms with Gasteiger partial charge in [-0.2, -0.15) is 0 Å². The van der Waals surface area contributed by atoms with Crippen LogP contribution in [0.25, 0.3) is 0 Å². The molecule has 0 saturated heterocycles. The first-order chi connectivity index (χ1) is 7.69. The van der Waals surface area contributed by atoms with Gasteiger partial charge in [-0.25, -0.2) is 0 Å². The van der Waals surface area contributed by atoms with E-state index in [1.54, 1.807) is 0 Å². The zero-order chi connectivity index (χ0) is 12.0. The summed E-state index contributed by atoms with van der Waals surface area (Å²) in [5.41, 5.74) is 7.83. The predicted molar refractivity (Wildman–Crippen MR) is 69.5 cm³/mol. The zero-order valence-corrected chi connectivity index (χ0v) is 10.2. The van der Waals surface area contributed by atoms with E-state index in [2.05, 4.69) is 29.5 Å². The van der Waals surface area contributed by atoms with Gasteiger partial charge in [0.25, 0.3) is 0 Å². The lowest BCUT2D eigenvalue weighted by Crippen LogP contribution is -2.24. The molecule has 1 heterocycles. The van der Waals surface area contributed by atoms with Crippen LogP contribution < -0.4 is 10.6 Å². The van der Waals surface area contributed by atoms with Gasteiger partial charge in [0.15, 0.2) is 0 Å². The van der Waals surface area contributed by atoms with Crippen LogP contribution in [0.4, 0.5) is 5.69 Å². The van der Waals surface area contributed by atoms with Crippen LogP contribution in [0, 0.1) is 0 Å². The lowest BCUT2D eigenvalue weighted by Gasteiger charge is -2.22. The van der Waals surface area contributed by atoms with Crippen LogP contribution in [0.15, 0.2) is 31.0 Å². The number of rotatable bonds is 6. The van der Waals surface area contributed by atoms with Gasteiger partial charge in [0.1, 0.15) is 0 Å². The van der Waals surface area contributed by atoms with Gasteiger partial charge in [0.2, 0.25) is 0 Å². The molecule has 0 bridgehead atoms. The molecule has 2 N–H and O–H groups in total. The van der Waals surface area contributed by atoms with Gasteiger partial charge in [-0.3, -0.25) is 4.98 Å². The van der Waals surface area contributed by atoms with Crippen molar-refractivity contribution < 1.29 is 0 Å². The Kier molecular flexibility index (Phi) is 4.99. The molecule has 1 rings (SSSR count). The number of hydrogen-bond acceptors (Lipinski definition) is 3. The van der Waals surface area contributed by atoms with Crippen LogP contribution in [-0.2, 0) is 0 Å². The number of nitrogens with zero attached hydrogens (tertiary/aromatic N) is 2. The molecular weight excluding hydrogens is 198 g/mol. The summed E-state index contributed by atoms with van der Waals surface area (Å²) in [4.78, 5) is 6.62. The second-order valence-electron chi connectivity index (χ2n) is 3.96. The molecule has 0 radical (unpaired) electrons. The molecule has 0 aromatic carbocycles. The highest BCUT2D eigenvalue weighted by atomic mass is 15.1. The van der Waals surface area contributed by atoms with E-state index >= 15 is 0 Å². The second kappa shape index (κ2) is 6.28. The standard InChI is InChI=1S/C13H21N3/c1-4-8-16(9-5-2)12-6-7-13(11(3)14)15-10-12/h4,6-7,10-11H,1,5,8-9,14H2,2-3H3/t11-/m0/s1. The van der Waals surface area contributed by atoms with Crippen molar-refractivity contribution in [2.45, 2.75) is 26.3 Å². The maximum atomic E-state index is 5.76. The van der Waals surface area contributed by atoms with E-state index in [0.29, 0.717) is 0 Å². The normalized spacial score (nSPS) is 12.2. The Bertz CT molecular complexity index is 316. The lowest BCUT2D eigenvalue weighted by molar-refractivity contribution is 0.773. The molecule has 1 atom stereocenters. The molecule has 0 fully saturated rings. The molecule has 0 aliphatic rings. The number of pyridine rings is 1. The van der Waals surface area contributed by atoms with Crippen LogP contribution in [0.2, 0.25) is 0 Å². The minimum Gasteiger partial charge on any atom is -0.367 e. The van der Waals surface area contributed by atoms with Crippen molar-refractivity contribution >= 4 is 5.69 Å².